The lowest BCUT2D eigenvalue weighted by Gasteiger charge is -2.11. The van der Waals surface area contributed by atoms with Gasteiger partial charge in [0.2, 0.25) is 5.91 Å². The molecule has 1 heterocycles. The molecule has 0 aliphatic carbocycles. The molecule has 9 heteroatoms. The van der Waals surface area contributed by atoms with Crippen molar-refractivity contribution in [2.75, 3.05) is 5.32 Å². The molecule has 0 saturated heterocycles. The topological polar surface area (TPSA) is 97.1 Å². The molecule has 0 aliphatic heterocycles. The standard InChI is InChI=1S/C11H8Br2N4O3/c12-6-1-7(11(19)20)10(8(13)2-6)16-9(18)3-17-5-14-4-15-17/h1-2,4-5H,3H2,(H,16,18)(H,19,20). The van der Waals surface area contributed by atoms with Crippen LogP contribution in [0.3, 0.4) is 0 Å². The van der Waals surface area contributed by atoms with E-state index >= 15 is 0 Å². The Morgan fingerprint density at radius 1 is 1.35 bits per heavy atom. The van der Waals surface area contributed by atoms with Crippen molar-refractivity contribution >= 4 is 49.4 Å². The van der Waals surface area contributed by atoms with E-state index in [1.807, 2.05) is 0 Å². The molecule has 104 valence electrons. The Labute approximate surface area is 130 Å². The number of carbonyl (C=O) groups excluding carboxylic acids is 1. The largest absolute Gasteiger partial charge is 0.478 e. The molecule has 0 saturated carbocycles. The van der Waals surface area contributed by atoms with Crippen LogP contribution in [0.25, 0.3) is 0 Å². The Balaban J connectivity index is 2.24. The van der Waals surface area contributed by atoms with E-state index in [1.54, 1.807) is 6.07 Å². The number of hydrogen-bond acceptors (Lipinski definition) is 4. The number of aromatic carboxylic acids is 1. The van der Waals surface area contributed by atoms with Crippen LogP contribution < -0.4 is 5.32 Å². The number of halogens is 2. The van der Waals surface area contributed by atoms with Gasteiger partial charge < -0.3 is 10.4 Å². The molecule has 1 aromatic carbocycles. The lowest BCUT2D eigenvalue weighted by Crippen LogP contribution is -2.21. The molecule has 2 aromatic rings. The van der Waals surface area contributed by atoms with Crippen LogP contribution in [0.5, 0.6) is 0 Å². The minimum atomic E-state index is -1.14. The number of nitrogens with one attached hydrogen (secondary N) is 1. The zero-order chi connectivity index (χ0) is 14.7. The van der Waals surface area contributed by atoms with E-state index in [9.17, 15) is 9.59 Å². The van der Waals surface area contributed by atoms with Crippen LogP contribution in [0.15, 0.2) is 33.7 Å². The molecule has 0 bridgehead atoms. The van der Waals surface area contributed by atoms with Gasteiger partial charge in [0, 0.05) is 8.95 Å². The van der Waals surface area contributed by atoms with Crippen LogP contribution in [0.1, 0.15) is 10.4 Å². The highest BCUT2D eigenvalue weighted by atomic mass is 79.9. The fourth-order valence-electron chi connectivity index (χ4n) is 1.51. The van der Waals surface area contributed by atoms with Crippen molar-refractivity contribution in [1.29, 1.82) is 0 Å². The van der Waals surface area contributed by atoms with Crippen LogP contribution in [-0.2, 0) is 11.3 Å². The van der Waals surface area contributed by atoms with Crippen LogP contribution in [0.4, 0.5) is 5.69 Å². The lowest BCUT2D eigenvalue weighted by atomic mass is 10.2. The van der Waals surface area contributed by atoms with Gasteiger partial charge in [-0.05, 0) is 28.1 Å². The second-order valence-electron chi connectivity index (χ2n) is 3.76. The van der Waals surface area contributed by atoms with E-state index in [-0.39, 0.29) is 17.8 Å². The Morgan fingerprint density at radius 3 is 2.70 bits per heavy atom. The molecule has 1 aromatic heterocycles. The Bertz CT molecular complexity index is 658. The van der Waals surface area contributed by atoms with Gasteiger partial charge >= 0.3 is 5.97 Å². The molecule has 0 spiro atoms. The number of benzene rings is 1. The smallest absolute Gasteiger partial charge is 0.337 e. The third-order valence-corrected chi connectivity index (χ3v) is 3.41. The number of amides is 1. The number of anilines is 1. The summed E-state index contributed by atoms with van der Waals surface area (Å²) in [4.78, 5) is 26.8. The number of aromatic nitrogens is 3. The van der Waals surface area contributed by atoms with E-state index in [2.05, 4.69) is 47.3 Å². The summed E-state index contributed by atoms with van der Waals surface area (Å²) in [7, 11) is 0. The molecule has 2 rings (SSSR count). The third kappa shape index (κ3) is 3.42. The lowest BCUT2D eigenvalue weighted by molar-refractivity contribution is -0.116. The SMILES string of the molecule is O=C(Cn1cncn1)Nc1c(Br)cc(Br)cc1C(=O)O. The monoisotopic (exact) mass is 402 g/mol. The van der Waals surface area contributed by atoms with Crippen molar-refractivity contribution in [2.45, 2.75) is 6.54 Å². The van der Waals surface area contributed by atoms with Crippen molar-refractivity contribution in [3.63, 3.8) is 0 Å². The normalized spacial score (nSPS) is 10.3. The highest BCUT2D eigenvalue weighted by Gasteiger charge is 2.17. The fraction of sp³-hybridized carbons (Fsp3) is 0.0909. The molecule has 7 nitrogen and oxygen atoms in total. The maximum absolute atomic E-state index is 11.9. The minimum absolute atomic E-state index is 0.0156. The quantitative estimate of drug-likeness (QED) is 0.814. The molecule has 20 heavy (non-hydrogen) atoms. The van der Waals surface area contributed by atoms with Crippen molar-refractivity contribution < 1.29 is 14.7 Å². The first-order valence-corrected chi connectivity index (χ1v) is 6.90. The Hall–Kier alpha value is -1.74. The molecule has 0 aliphatic rings. The van der Waals surface area contributed by atoms with Gasteiger partial charge in [-0.1, -0.05) is 15.9 Å². The van der Waals surface area contributed by atoms with Crippen LogP contribution >= 0.6 is 31.9 Å². The summed E-state index contributed by atoms with van der Waals surface area (Å²) >= 11 is 6.43. The van der Waals surface area contributed by atoms with E-state index < -0.39 is 11.9 Å². The average molecular weight is 404 g/mol. The predicted octanol–water partition coefficient (Wildman–Crippen LogP) is 2.14. The van der Waals surface area contributed by atoms with Gasteiger partial charge in [0.15, 0.2) is 0 Å². The zero-order valence-corrected chi connectivity index (χ0v) is 13.0. The summed E-state index contributed by atoms with van der Waals surface area (Å²) in [5.74, 6) is -1.54. The maximum atomic E-state index is 11.9. The van der Waals surface area contributed by atoms with Gasteiger partial charge in [-0.2, -0.15) is 5.10 Å². The Morgan fingerprint density at radius 2 is 2.10 bits per heavy atom. The first-order chi connectivity index (χ1) is 9.47. The van der Waals surface area contributed by atoms with Crippen molar-refractivity contribution in [1.82, 2.24) is 14.8 Å². The zero-order valence-electron chi connectivity index (χ0n) is 9.88. The van der Waals surface area contributed by atoms with E-state index in [0.29, 0.717) is 8.95 Å². The van der Waals surface area contributed by atoms with E-state index in [4.69, 9.17) is 5.11 Å². The summed E-state index contributed by atoms with van der Waals surface area (Å²) in [6.07, 6.45) is 2.71. The second kappa shape index (κ2) is 6.14. The van der Waals surface area contributed by atoms with Gasteiger partial charge in [-0.3, -0.25) is 4.79 Å². The summed E-state index contributed by atoms with van der Waals surface area (Å²) in [5, 5.41) is 15.5. The number of carboxylic acids is 1. The number of rotatable bonds is 4. The van der Waals surface area contributed by atoms with Crippen LogP contribution in [0.2, 0.25) is 0 Å². The van der Waals surface area contributed by atoms with E-state index in [1.165, 1.54) is 23.4 Å². The number of nitrogens with zero attached hydrogens (tertiary/aromatic N) is 3. The number of carbonyl (C=O) groups is 2. The molecular formula is C11H8Br2N4O3. The highest BCUT2D eigenvalue weighted by Crippen LogP contribution is 2.30. The first-order valence-electron chi connectivity index (χ1n) is 5.32. The van der Waals surface area contributed by atoms with Gasteiger partial charge in [-0.25, -0.2) is 14.5 Å². The maximum Gasteiger partial charge on any atom is 0.337 e. The minimum Gasteiger partial charge on any atom is -0.478 e. The molecular weight excluding hydrogens is 396 g/mol. The summed E-state index contributed by atoms with van der Waals surface area (Å²) in [6, 6.07) is 3.07. The summed E-state index contributed by atoms with van der Waals surface area (Å²) in [6.45, 7) is -0.0540. The molecule has 0 fully saturated rings. The van der Waals surface area contributed by atoms with Gasteiger partial charge in [0.25, 0.3) is 0 Å². The second-order valence-corrected chi connectivity index (χ2v) is 5.53. The van der Waals surface area contributed by atoms with E-state index in [0.717, 1.165) is 0 Å². The highest BCUT2D eigenvalue weighted by molar-refractivity contribution is 9.11. The number of carboxylic acid groups (broad SMARTS) is 1. The first kappa shape index (κ1) is 14.7. The van der Waals surface area contributed by atoms with Crippen molar-refractivity contribution in [3.05, 3.63) is 39.3 Å². The van der Waals surface area contributed by atoms with Crippen LogP contribution in [-0.4, -0.2) is 31.7 Å². The third-order valence-electron chi connectivity index (χ3n) is 2.32. The van der Waals surface area contributed by atoms with Gasteiger partial charge in [0.1, 0.15) is 19.2 Å². The van der Waals surface area contributed by atoms with Crippen LogP contribution in [0, 0.1) is 0 Å². The Kier molecular flexibility index (Phi) is 4.50. The molecule has 1 amide bonds. The molecule has 0 unspecified atom stereocenters. The molecule has 0 radical (unpaired) electrons. The average Bonchev–Trinajstić information content (AvgIpc) is 2.84. The van der Waals surface area contributed by atoms with Gasteiger partial charge in [-0.15, -0.1) is 0 Å². The molecule has 2 N–H and O–H groups in total. The van der Waals surface area contributed by atoms with Crippen molar-refractivity contribution in [3.8, 4) is 0 Å². The summed E-state index contributed by atoms with van der Waals surface area (Å²) < 4.78 is 2.40. The number of hydrogen-bond donors (Lipinski definition) is 2. The summed E-state index contributed by atoms with van der Waals surface area (Å²) in [5.41, 5.74) is 0.184. The molecule has 0 atom stereocenters. The predicted molar refractivity (Wildman–Crippen MR) is 77.5 cm³/mol. The fourth-order valence-corrected chi connectivity index (χ4v) is 2.83. The van der Waals surface area contributed by atoms with Gasteiger partial charge in [0.05, 0.1) is 11.3 Å². The van der Waals surface area contributed by atoms with Crippen molar-refractivity contribution in [2.24, 2.45) is 0 Å².